The van der Waals surface area contributed by atoms with Crippen LogP contribution in [0.15, 0.2) is 36.4 Å². The van der Waals surface area contributed by atoms with Gasteiger partial charge in [-0.1, -0.05) is 42.5 Å². The van der Waals surface area contributed by atoms with Crippen LogP contribution in [0, 0.1) is 0 Å². The van der Waals surface area contributed by atoms with E-state index >= 15 is 0 Å². The van der Waals surface area contributed by atoms with Crippen molar-refractivity contribution in [3.63, 3.8) is 0 Å². The quantitative estimate of drug-likeness (QED) is 0.447. The zero-order chi connectivity index (χ0) is 15.7. The lowest BCUT2D eigenvalue weighted by Crippen LogP contribution is -2.09. The van der Waals surface area contributed by atoms with E-state index in [0.29, 0.717) is 5.49 Å². The van der Waals surface area contributed by atoms with Crippen LogP contribution in [-0.2, 0) is 13.6 Å². The van der Waals surface area contributed by atoms with Crippen LogP contribution in [0.4, 0.5) is 0 Å². The smallest absolute Gasteiger partial charge is 0.305 e. The van der Waals surface area contributed by atoms with E-state index in [1.54, 1.807) is 11.8 Å². The Bertz CT molecular complexity index is 458. The normalized spacial score (nSPS) is 12.7. The maximum Gasteiger partial charge on any atom is 0.340 e. The second kappa shape index (κ2) is 9.47. The van der Waals surface area contributed by atoms with Gasteiger partial charge in [0.05, 0.1) is 17.7 Å². The van der Waals surface area contributed by atoms with Crippen LogP contribution in [0.5, 0.6) is 0 Å². The van der Waals surface area contributed by atoms with Crippen molar-refractivity contribution in [3.8, 4) is 0 Å². The van der Waals surface area contributed by atoms with Crippen molar-refractivity contribution >= 4 is 25.4 Å². The highest BCUT2D eigenvalue weighted by Gasteiger charge is 2.27. The minimum Gasteiger partial charge on any atom is -0.305 e. The number of hydrogen-bond donors (Lipinski definition) is 0. The van der Waals surface area contributed by atoms with E-state index in [9.17, 15) is 4.57 Å². The molecule has 0 aliphatic carbocycles. The van der Waals surface area contributed by atoms with Gasteiger partial charge < -0.3 is 9.05 Å². The first-order valence-corrected chi connectivity index (χ1v) is 10.0. The summed E-state index contributed by atoms with van der Waals surface area (Å²) in [6.45, 7) is 7.49. The summed E-state index contributed by atoms with van der Waals surface area (Å²) in [5.74, 6) is 0.780. The topological polar surface area (TPSA) is 35.5 Å². The minimum absolute atomic E-state index is 0.102. The average molecular weight is 328 g/mol. The monoisotopic (exact) mass is 328 g/mol. The first-order chi connectivity index (χ1) is 9.91. The molecule has 0 unspecified atom stereocenters. The Kier molecular flexibility index (Phi) is 8.35. The van der Waals surface area contributed by atoms with E-state index in [0.717, 1.165) is 11.3 Å². The fraction of sp³-hybridized carbons (Fsp3) is 0.500. The second-order valence-electron chi connectivity index (χ2n) is 5.23. The molecule has 1 aromatic carbocycles. The molecule has 0 amide bonds. The van der Waals surface area contributed by atoms with Gasteiger partial charge in [0.25, 0.3) is 0 Å². The van der Waals surface area contributed by atoms with Gasteiger partial charge in [-0.2, -0.15) is 0 Å². The van der Waals surface area contributed by atoms with Gasteiger partial charge in [0.15, 0.2) is 0 Å². The maximum atomic E-state index is 12.6. The minimum atomic E-state index is -3.01. The first-order valence-electron chi connectivity index (χ1n) is 7.16. The Morgan fingerprint density at radius 1 is 1.10 bits per heavy atom. The van der Waals surface area contributed by atoms with E-state index in [1.165, 1.54) is 0 Å². The van der Waals surface area contributed by atoms with Gasteiger partial charge in [-0.15, -0.1) is 11.8 Å². The molecule has 3 nitrogen and oxygen atoms in total. The lowest BCUT2D eigenvalue weighted by molar-refractivity contribution is 0.145. The molecule has 0 bridgehead atoms. The predicted molar refractivity (Wildman–Crippen MR) is 92.8 cm³/mol. The number of hydrogen-bond acceptors (Lipinski definition) is 4. The Morgan fingerprint density at radius 3 is 2.19 bits per heavy atom. The third-order valence-corrected chi connectivity index (χ3v) is 6.23. The van der Waals surface area contributed by atoms with E-state index in [-0.39, 0.29) is 12.2 Å². The molecule has 118 valence electrons. The summed E-state index contributed by atoms with van der Waals surface area (Å²) in [7, 11) is -3.01. The van der Waals surface area contributed by atoms with Crippen LogP contribution in [-0.4, -0.2) is 23.5 Å². The summed E-state index contributed by atoms with van der Waals surface area (Å²) in [6.07, 6.45) is 3.92. The number of benzene rings is 1. The molecule has 5 heteroatoms. The summed E-state index contributed by atoms with van der Waals surface area (Å²) in [5.41, 5.74) is 1.54. The van der Waals surface area contributed by atoms with Gasteiger partial charge in [-0.3, -0.25) is 4.57 Å². The van der Waals surface area contributed by atoms with Crippen molar-refractivity contribution in [2.75, 3.05) is 11.2 Å². The van der Waals surface area contributed by atoms with Gasteiger partial charge in [-0.05, 0) is 33.3 Å². The number of rotatable bonds is 9. The summed E-state index contributed by atoms with van der Waals surface area (Å²) in [4.78, 5) is 0. The molecule has 0 aliphatic rings. The van der Waals surface area contributed by atoms with Crippen molar-refractivity contribution < 1.29 is 13.6 Å². The molecular formula is C16H25O3PS. The highest BCUT2D eigenvalue weighted by molar-refractivity contribution is 8.04. The molecule has 0 atom stereocenters. The standard InChI is InChI=1S/C16H25O3PS/c1-14(2)18-20(17,19-15(3)4)13-21-12-8-11-16-9-6-5-7-10-16/h5-11,14-15H,12-13H2,1-4H3/b11-8+. The zero-order valence-corrected chi connectivity index (χ0v) is 14.9. The third-order valence-electron chi connectivity index (χ3n) is 2.32. The molecule has 1 aromatic rings. The molecular weight excluding hydrogens is 303 g/mol. The van der Waals surface area contributed by atoms with Crippen molar-refractivity contribution in [2.45, 2.75) is 39.9 Å². The molecule has 1 rings (SSSR count). The van der Waals surface area contributed by atoms with E-state index in [4.69, 9.17) is 9.05 Å². The Labute approximate surface area is 132 Å². The average Bonchev–Trinajstić information content (AvgIpc) is 2.37. The third kappa shape index (κ3) is 8.47. The van der Waals surface area contributed by atoms with Crippen LogP contribution >= 0.6 is 19.4 Å². The van der Waals surface area contributed by atoms with E-state index in [2.05, 4.69) is 24.3 Å². The molecule has 0 N–H and O–H groups in total. The summed E-state index contributed by atoms with van der Waals surface area (Å²) >= 11 is 1.56. The molecule has 0 spiro atoms. The molecule has 0 heterocycles. The molecule has 0 aromatic heterocycles. The van der Waals surface area contributed by atoms with Crippen LogP contribution in [0.25, 0.3) is 6.08 Å². The first kappa shape index (κ1) is 18.5. The van der Waals surface area contributed by atoms with Crippen LogP contribution in [0.2, 0.25) is 0 Å². The Hall–Kier alpha value is -0.540. The van der Waals surface area contributed by atoms with Crippen molar-refractivity contribution in [1.82, 2.24) is 0 Å². The van der Waals surface area contributed by atoms with Crippen LogP contribution < -0.4 is 0 Å². The van der Waals surface area contributed by atoms with Crippen molar-refractivity contribution in [1.29, 1.82) is 0 Å². The molecule has 0 saturated heterocycles. The second-order valence-corrected chi connectivity index (χ2v) is 8.65. The number of thioether (sulfide) groups is 1. The molecule has 0 aliphatic heterocycles. The molecule has 21 heavy (non-hydrogen) atoms. The highest BCUT2D eigenvalue weighted by atomic mass is 32.2. The van der Waals surface area contributed by atoms with E-state index in [1.807, 2.05) is 45.9 Å². The predicted octanol–water partition coefficient (Wildman–Crippen LogP) is 5.43. The lowest BCUT2D eigenvalue weighted by Gasteiger charge is -2.22. The van der Waals surface area contributed by atoms with Gasteiger partial charge in [-0.25, -0.2) is 0 Å². The lowest BCUT2D eigenvalue weighted by atomic mass is 10.2. The summed E-state index contributed by atoms with van der Waals surface area (Å²) in [5, 5.41) is 0. The van der Waals surface area contributed by atoms with Gasteiger partial charge >= 0.3 is 7.60 Å². The Morgan fingerprint density at radius 2 is 1.67 bits per heavy atom. The van der Waals surface area contributed by atoms with Gasteiger partial charge in [0.2, 0.25) is 0 Å². The highest BCUT2D eigenvalue weighted by Crippen LogP contribution is 2.52. The van der Waals surface area contributed by atoms with Gasteiger partial charge in [0, 0.05) is 5.75 Å². The van der Waals surface area contributed by atoms with Crippen LogP contribution in [0.1, 0.15) is 33.3 Å². The maximum absolute atomic E-state index is 12.6. The molecule has 0 saturated carbocycles. The van der Waals surface area contributed by atoms with Crippen LogP contribution in [0.3, 0.4) is 0 Å². The molecule has 0 radical (unpaired) electrons. The fourth-order valence-corrected chi connectivity index (χ4v) is 5.08. The SMILES string of the molecule is CC(C)OP(=O)(CSC/C=C/c1ccccc1)OC(C)C. The largest absolute Gasteiger partial charge is 0.340 e. The fourth-order valence-electron chi connectivity index (χ4n) is 1.71. The van der Waals surface area contributed by atoms with Crippen molar-refractivity contribution in [2.24, 2.45) is 0 Å². The molecule has 0 fully saturated rings. The van der Waals surface area contributed by atoms with E-state index < -0.39 is 7.60 Å². The van der Waals surface area contributed by atoms with Gasteiger partial charge in [0.1, 0.15) is 0 Å². The summed E-state index contributed by atoms with van der Waals surface area (Å²) in [6, 6.07) is 10.1. The van der Waals surface area contributed by atoms with Crippen molar-refractivity contribution in [3.05, 3.63) is 42.0 Å². The Balaban J connectivity index is 2.43. The zero-order valence-electron chi connectivity index (χ0n) is 13.2. The summed E-state index contributed by atoms with van der Waals surface area (Å²) < 4.78 is 23.6.